The second kappa shape index (κ2) is 10.5. The Morgan fingerprint density at radius 1 is 0.939 bits per heavy atom. The van der Waals surface area contributed by atoms with E-state index in [4.69, 9.17) is 0 Å². The Hall–Kier alpha value is -3.30. The van der Waals surface area contributed by atoms with Gasteiger partial charge < -0.3 is 10.2 Å². The van der Waals surface area contributed by atoms with Crippen LogP contribution in [0.4, 0.5) is 4.39 Å². The fourth-order valence-electron chi connectivity index (χ4n) is 3.29. The van der Waals surface area contributed by atoms with E-state index in [0.29, 0.717) is 0 Å². The largest absolute Gasteiger partial charge is 0.350 e. The number of sulfonamides is 1. The van der Waals surface area contributed by atoms with Crippen LogP contribution in [0.15, 0.2) is 71.6 Å². The fraction of sp³-hybridized carbons (Fsp3) is 0.250. The van der Waals surface area contributed by atoms with E-state index in [-0.39, 0.29) is 30.3 Å². The monoisotopic (exact) mass is 471 g/mol. The lowest BCUT2D eigenvalue weighted by atomic mass is 10.1. The lowest BCUT2D eigenvalue weighted by Crippen LogP contribution is -2.45. The molecule has 0 heterocycles. The average Bonchev–Trinajstić information content (AvgIpc) is 2.81. The van der Waals surface area contributed by atoms with Crippen LogP contribution in [0.2, 0.25) is 0 Å². The maximum Gasteiger partial charge on any atom is 0.243 e. The molecule has 3 aromatic carbocycles. The Morgan fingerprint density at radius 2 is 1.61 bits per heavy atom. The third kappa shape index (κ3) is 6.15. The molecule has 3 rings (SSSR count). The van der Waals surface area contributed by atoms with Gasteiger partial charge in [0.1, 0.15) is 5.82 Å². The van der Waals surface area contributed by atoms with Crippen molar-refractivity contribution in [2.24, 2.45) is 0 Å². The van der Waals surface area contributed by atoms with Gasteiger partial charge in [0.15, 0.2) is 0 Å². The molecule has 0 saturated carbocycles. The molecular weight excluding hydrogens is 445 g/mol. The predicted molar refractivity (Wildman–Crippen MR) is 124 cm³/mol. The van der Waals surface area contributed by atoms with Gasteiger partial charge in [0.05, 0.1) is 18.0 Å². The summed E-state index contributed by atoms with van der Waals surface area (Å²) in [5.74, 6) is -1.24. The first kappa shape index (κ1) is 24.3. The minimum atomic E-state index is -3.89. The summed E-state index contributed by atoms with van der Waals surface area (Å²) in [5.41, 5.74) is 0.723. The smallest absolute Gasteiger partial charge is 0.243 e. The van der Waals surface area contributed by atoms with E-state index in [1.165, 1.54) is 30.1 Å². The quantitative estimate of drug-likeness (QED) is 0.520. The molecular formula is C24H26FN3O4S. The molecule has 7 nitrogen and oxygen atoms in total. The van der Waals surface area contributed by atoms with Crippen molar-refractivity contribution < 1.29 is 22.4 Å². The van der Waals surface area contributed by atoms with Crippen molar-refractivity contribution in [1.29, 1.82) is 0 Å². The molecule has 0 aliphatic heterocycles. The zero-order valence-corrected chi connectivity index (χ0v) is 19.3. The number of carbonyl (C=O) groups is 2. The van der Waals surface area contributed by atoms with Crippen LogP contribution in [-0.2, 0) is 26.2 Å². The third-order valence-corrected chi connectivity index (χ3v) is 7.06. The van der Waals surface area contributed by atoms with Gasteiger partial charge in [-0.05, 0) is 47.5 Å². The Morgan fingerprint density at radius 3 is 2.27 bits per heavy atom. The summed E-state index contributed by atoms with van der Waals surface area (Å²) in [6.45, 7) is 1.55. The van der Waals surface area contributed by atoms with Gasteiger partial charge in [0, 0.05) is 20.1 Å². The molecule has 0 aliphatic rings. The molecule has 1 N–H and O–H groups in total. The Balaban J connectivity index is 1.60. The molecule has 2 amide bonds. The van der Waals surface area contributed by atoms with E-state index < -0.39 is 28.4 Å². The molecule has 0 atom stereocenters. The van der Waals surface area contributed by atoms with Crippen LogP contribution in [0.25, 0.3) is 10.8 Å². The highest BCUT2D eigenvalue weighted by atomic mass is 32.2. The molecule has 33 heavy (non-hydrogen) atoms. The van der Waals surface area contributed by atoms with Gasteiger partial charge >= 0.3 is 0 Å². The van der Waals surface area contributed by atoms with Gasteiger partial charge in [-0.15, -0.1) is 0 Å². The van der Waals surface area contributed by atoms with Crippen LogP contribution < -0.4 is 5.32 Å². The maximum atomic E-state index is 13.0. The first-order chi connectivity index (χ1) is 15.7. The van der Waals surface area contributed by atoms with Crippen molar-refractivity contribution in [3.63, 3.8) is 0 Å². The molecule has 9 heteroatoms. The topological polar surface area (TPSA) is 86.8 Å². The zero-order valence-electron chi connectivity index (χ0n) is 18.5. The SMILES string of the molecule is CCN(CC(=O)NCc1ccc(F)cc1)C(=O)CN(C)S(=O)(=O)c1ccc2ccccc2c1. The van der Waals surface area contributed by atoms with Gasteiger partial charge in [-0.1, -0.05) is 42.5 Å². The minimum absolute atomic E-state index is 0.0941. The summed E-state index contributed by atoms with van der Waals surface area (Å²) in [4.78, 5) is 26.4. The molecule has 0 fully saturated rings. The highest BCUT2D eigenvalue weighted by molar-refractivity contribution is 7.89. The second-order valence-electron chi connectivity index (χ2n) is 7.58. The van der Waals surface area contributed by atoms with E-state index in [1.54, 1.807) is 31.2 Å². The summed E-state index contributed by atoms with van der Waals surface area (Å²) in [6.07, 6.45) is 0. The molecule has 3 aromatic rings. The van der Waals surface area contributed by atoms with Crippen LogP contribution >= 0.6 is 0 Å². The van der Waals surface area contributed by atoms with E-state index >= 15 is 0 Å². The number of benzene rings is 3. The van der Waals surface area contributed by atoms with E-state index in [9.17, 15) is 22.4 Å². The molecule has 0 unspecified atom stereocenters. The zero-order chi connectivity index (χ0) is 24.0. The molecule has 0 aliphatic carbocycles. The van der Waals surface area contributed by atoms with Crippen molar-refractivity contribution in [1.82, 2.24) is 14.5 Å². The Bertz CT molecular complexity index is 1250. The number of rotatable bonds is 9. The van der Waals surface area contributed by atoms with Gasteiger partial charge in [-0.2, -0.15) is 4.31 Å². The van der Waals surface area contributed by atoms with Gasteiger partial charge in [-0.25, -0.2) is 12.8 Å². The van der Waals surface area contributed by atoms with Crippen LogP contribution in [0, 0.1) is 5.82 Å². The predicted octanol–water partition coefficient (Wildman–Crippen LogP) is 2.76. The van der Waals surface area contributed by atoms with E-state index in [1.807, 2.05) is 24.3 Å². The number of likely N-dealkylation sites (N-methyl/N-ethyl adjacent to an activating group) is 2. The highest BCUT2D eigenvalue weighted by Crippen LogP contribution is 2.21. The summed E-state index contributed by atoms with van der Waals surface area (Å²) >= 11 is 0. The summed E-state index contributed by atoms with van der Waals surface area (Å²) < 4.78 is 39.9. The number of hydrogen-bond acceptors (Lipinski definition) is 4. The molecule has 0 radical (unpaired) electrons. The van der Waals surface area contributed by atoms with Crippen molar-refractivity contribution in [2.45, 2.75) is 18.4 Å². The Labute approximate surface area is 192 Å². The van der Waals surface area contributed by atoms with E-state index in [2.05, 4.69) is 5.32 Å². The molecule has 0 saturated heterocycles. The maximum absolute atomic E-state index is 13.0. The first-order valence-electron chi connectivity index (χ1n) is 10.4. The van der Waals surface area contributed by atoms with Crippen LogP contribution in [0.5, 0.6) is 0 Å². The van der Waals surface area contributed by atoms with Crippen molar-refractivity contribution in [3.8, 4) is 0 Å². The molecule has 174 valence electrons. The molecule has 0 spiro atoms. The molecule has 0 bridgehead atoms. The lowest BCUT2D eigenvalue weighted by Gasteiger charge is -2.24. The first-order valence-corrected chi connectivity index (χ1v) is 11.9. The second-order valence-corrected chi connectivity index (χ2v) is 9.63. The summed E-state index contributed by atoms with van der Waals surface area (Å²) in [7, 11) is -2.55. The van der Waals surface area contributed by atoms with Gasteiger partial charge in [0.25, 0.3) is 0 Å². The minimum Gasteiger partial charge on any atom is -0.350 e. The van der Waals surface area contributed by atoms with Gasteiger partial charge in [-0.3, -0.25) is 9.59 Å². The normalized spacial score (nSPS) is 11.5. The third-order valence-electron chi connectivity index (χ3n) is 5.26. The van der Waals surface area contributed by atoms with Crippen LogP contribution in [0.1, 0.15) is 12.5 Å². The summed E-state index contributed by atoms with van der Waals surface area (Å²) in [6, 6.07) is 17.9. The number of fused-ring (bicyclic) bond motifs is 1. The number of hydrogen-bond donors (Lipinski definition) is 1. The number of amides is 2. The number of carbonyl (C=O) groups excluding carboxylic acids is 2. The number of halogens is 1. The lowest BCUT2D eigenvalue weighted by molar-refractivity contribution is -0.135. The van der Waals surface area contributed by atoms with Crippen molar-refractivity contribution in [3.05, 3.63) is 78.1 Å². The average molecular weight is 472 g/mol. The number of nitrogens with zero attached hydrogens (tertiary/aromatic N) is 2. The molecule has 0 aromatic heterocycles. The highest BCUT2D eigenvalue weighted by Gasteiger charge is 2.26. The standard InChI is InChI=1S/C24H26FN3O4S/c1-3-28(16-23(29)26-15-18-8-11-21(25)12-9-18)24(30)17-27(2)33(31,32)22-13-10-19-6-4-5-7-20(19)14-22/h4-14H,3,15-17H2,1-2H3,(H,26,29). The Kier molecular flexibility index (Phi) is 7.78. The van der Waals surface area contributed by atoms with E-state index in [0.717, 1.165) is 20.6 Å². The fourth-order valence-corrected chi connectivity index (χ4v) is 4.45. The van der Waals surface area contributed by atoms with Crippen molar-refractivity contribution in [2.75, 3.05) is 26.7 Å². The van der Waals surface area contributed by atoms with Gasteiger partial charge in [0.2, 0.25) is 21.8 Å². The summed E-state index contributed by atoms with van der Waals surface area (Å²) in [5, 5.41) is 4.38. The number of nitrogens with one attached hydrogen (secondary N) is 1. The van der Waals surface area contributed by atoms with Crippen LogP contribution in [-0.4, -0.2) is 56.1 Å². The van der Waals surface area contributed by atoms with Crippen LogP contribution in [0.3, 0.4) is 0 Å². The van der Waals surface area contributed by atoms with Crippen molar-refractivity contribution >= 4 is 32.6 Å².